The van der Waals surface area contributed by atoms with E-state index in [1.807, 2.05) is 12.1 Å². The minimum atomic E-state index is -1.12. The summed E-state index contributed by atoms with van der Waals surface area (Å²) in [4.78, 5) is 10.7. The van der Waals surface area contributed by atoms with Gasteiger partial charge in [-0.2, -0.15) is 0 Å². The molecule has 0 radical (unpaired) electrons. The van der Waals surface area contributed by atoms with Crippen molar-refractivity contribution < 1.29 is 77.0 Å². The number of benzene rings is 2. The second-order valence-corrected chi connectivity index (χ2v) is 2.99. The summed E-state index contributed by atoms with van der Waals surface area (Å²) in [5.74, 6) is -1.29. The number of carboxylic acid groups (broad SMARTS) is 1. The predicted octanol–water partition coefficient (Wildman–Crippen LogP) is -3.52. The van der Waals surface area contributed by atoms with Crippen LogP contribution in [0.25, 0.3) is 10.8 Å². The van der Waals surface area contributed by atoms with Gasteiger partial charge in [-0.3, -0.25) is 0 Å². The largest absolute Gasteiger partial charge is 1.00 e. The number of aromatic hydroxyl groups is 1. The minimum Gasteiger partial charge on any atom is -1.00 e. The van der Waals surface area contributed by atoms with E-state index >= 15 is 0 Å². The van der Waals surface area contributed by atoms with Crippen molar-refractivity contribution in [2.24, 2.45) is 0 Å². The van der Waals surface area contributed by atoms with Gasteiger partial charge in [-0.05, 0) is 11.5 Å². The molecule has 0 aliphatic carbocycles. The summed E-state index contributed by atoms with van der Waals surface area (Å²) >= 11 is 0. The first-order valence-electron chi connectivity index (χ1n) is 4.14. The average molecular weight is 236 g/mol. The first-order chi connectivity index (χ1) is 6.70. The molecule has 5 heteroatoms. The Hall–Kier alpha value is -0.0300. The van der Waals surface area contributed by atoms with Crippen molar-refractivity contribution in [3.8, 4) is 5.75 Å². The van der Waals surface area contributed by atoms with Gasteiger partial charge < -0.3 is 13.1 Å². The van der Waals surface area contributed by atoms with E-state index in [1.54, 1.807) is 18.2 Å². The van der Waals surface area contributed by atoms with E-state index in [4.69, 9.17) is 5.11 Å². The molecule has 0 spiro atoms. The van der Waals surface area contributed by atoms with Crippen molar-refractivity contribution in [1.82, 2.24) is 0 Å². The molecule has 0 bridgehead atoms. The first kappa shape index (κ1) is 16.0. The zero-order valence-electron chi connectivity index (χ0n) is 11.3. The van der Waals surface area contributed by atoms with Crippen LogP contribution >= 0.6 is 0 Å². The molecule has 2 N–H and O–H groups in total. The van der Waals surface area contributed by atoms with Gasteiger partial charge in [0.1, 0.15) is 11.3 Å². The van der Waals surface area contributed by atoms with E-state index in [2.05, 4.69) is 0 Å². The molecule has 2 aromatic rings. The van der Waals surface area contributed by atoms with Gasteiger partial charge >= 0.3 is 65.1 Å². The summed E-state index contributed by atoms with van der Waals surface area (Å²) < 4.78 is 0. The Bertz CT molecular complexity index is 521. The monoisotopic (exact) mass is 236 g/mol. The van der Waals surface area contributed by atoms with E-state index in [0.717, 1.165) is 5.39 Å². The summed E-state index contributed by atoms with van der Waals surface area (Å²) in [6.45, 7) is 0. The quantitative estimate of drug-likeness (QED) is 0.505. The van der Waals surface area contributed by atoms with Gasteiger partial charge in [-0.25, -0.2) is 4.79 Å². The van der Waals surface area contributed by atoms with Crippen LogP contribution in [0.5, 0.6) is 5.75 Å². The minimum absolute atomic E-state index is 0. The Morgan fingerprint density at radius 1 is 1.06 bits per heavy atom. The molecular weight excluding hydrogens is 226 g/mol. The van der Waals surface area contributed by atoms with Crippen molar-refractivity contribution >= 4 is 16.7 Å². The summed E-state index contributed by atoms with van der Waals surface area (Å²) in [6, 6.07) is 10.2. The van der Waals surface area contributed by atoms with Crippen LogP contribution in [0.1, 0.15) is 13.2 Å². The number of aromatic carboxylic acids is 1. The molecule has 0 aliphatic heterocycles. The van der Waals surface area contributed by atoms with Crippen LogP contribution in [-0.2, 0) is 0 Å². The van der Waals surface area contributed by atoms with E-state index in [1.165, 1.54) is 6.07 Å². The van der Waals surface area contributed by atoms with Crippen LogP contribution in [0.15, 0.2) is 36.4 Å². The molecule has 0 amide bonds. The Balaban J connectivity index is -0.000000562. The second kappa shape index (κ2) is 6.64. The molecule has 0 saturated carbocycles. The predicted molar refractivity (Wildman–Crippen MR) is 54.8 cm³/mol. The average Bonchev–Trinajstić information content (AvgIpc) is 2.18. The zero-order chi connectivity index (χ0) is 10.1. The van der Waals surface area contributed by atoms with Gasteiger partial charge in [0, 0.05) is 5.39 Å². The molecule has 2 rings (SSSR count). The fourth-order valence-corrected chi connectivity index (χ4v) is 1.43. The smallest absolute Gasteiger partial charge is 1.00 e. The Morgan fingerprint density at radius 3 is 2.31 bits per heavy atom. The standard InChI is InChI=1S/C11H8O3.2Na.2H/c12-10-8-4-2-1-3-7(8)5-6-9(10)11(13)14;;;;/h1-6,12H,(H,13,14);;;;/q;2*+1;2*-1. The van der Waals surface area contributed by atoms with Gasteiger partial charge in [-0.1, -0.05) is 30.3 Å². The van der Waals surface area contributed by atoms with Crippen molar-refractivity contribution in [2.75, 3.05) is 0 Å². The maximum absolute atomic E-state index is 10.7. The van der Waals surface area contributed by atoms with Crippen molar-refractivity contribution in [2.45, 2.75) is 0 Å². The van der Waals surface area contributed by atoms with Crippen LogP contribution < -0.4 is 59.1 Å². The zero-order valence-corrected chi connectivity index (χ0v) is 13.3. The van der Waals surface area contributed by atoms with Crippen LogP contribution in [0.4, 0.5) is 0 Å². The molecule has 0 fully saturated rings. The molecule has 74 valence electrons. The van der Waals surface area contributed by atoms with Crippen molar-refractivity contribution in [3.05, 3.63) is 42.0 Å². The molecule has 0 saturated heterocycles. The van der Waals surface area contributed by atoms with E-state index in [-0.39, 0.29) is 73.3 Å². The molecule has 0 unspecified atom stereocenters. The third-order valence-corrected chi connectivity index (χ3v) is 2.13. The van der Waals surface area contributed by atoms with Crippen LogP contribution in [-0.4, -0.2) is 16.2 Å². The Morgan fingerprint density at radius 2 is 1.69 bits per heavy atom. The number of carboxylic acids is 1. The number of phenols is 1. The van der Waals surface area contributed by atoms with Crippen LogP contribution in [0, 0.1) is 0 Å². The first-order valence-corrected chi connectivity index (χ1v) is 4.14. The van der Waals surface area contributed by atoms with Crippen LogP contribution in [0.2, 0.25) is 0 Å². The molecule has 0 aliphatic rings. The molecule has 0 heterocycles. The second-order valence-electron chi connectivity index (χ2n) is 2.99. The molecule has 3 nitrogen and oxygen atoms in total. The van der Waals surface area contributed by atoms with Crippen molar-refractivity contribution in [1.29, 1.82) is 0 Å². The molecular formula is C11H10Na2O3. The molecule has 16 heavy (non-hydrogen) atoms. The van der Waals surface area contributed by atoms with Gasteiger partial charge in [-0.15, -0.1) is 0 Å². The van der Waals surface area contributed by atoms with E-state index < -0.39 is 5.97 Å². The van der Waals surface area contributed by atoms with Gasteiger partial charge in [0.05, 0.1) is 0 Å². The summed E-state index contributed by atoms with van der Waals surface area (Å²) in [6.07, 6.45) is 0. The fraction of sp³-hybridized carbons (Fsp3) is 0. The number of fused-ring (bicyclic) bond motifs is 1. The number of carbonyl (C=O) groups is 1. The van der Waals surface area contributed by atoms with Crippen LogP contribution in [0.3, 0.4) is 0 Å². The summed E-state index contributed by atoms with van der Waals surface area (Å²) in [5.41, 5.74) is -0.0660. The van der Waals surface area contributed by atoms with E-state index in [0.29, 0.717) is 5.39 Å². The summed E-state index contributed by atoms with van der Waals surface area (Å²) in [5, 5.41) is 19.8. The van der Waals surface area contributed by atoms with Gasteiger partial charge in [0.15, 0.2) is 0 Å². The SMILES string of the molecule is O=C(O)c1ccc2ccccc2c1O.[H-].[H-].[Na+].[Na+]. The Kier molecular flexibility index (Phi) is 6.63. The number of hydrogen-bond acceptors (Lipinski definition) is 2. The normalized spacial score (nSPS) is 9.00. The van der Waals surface area contributed by atoms with Gasteiger partial charge in [0.25, 0.3) is 0 Å². The molecule has 0 aromatic heterocycles. The number of hydrogen-bond donors (Lipinski definition) is 2. The third kappa shape index (κ3) is 3.00. The maximum Gasteiger partial charge on any atom is 1.00 e. The molecule has 0 atom stereocenters. The molecule has 2 aromatic carbocycles. The fourth-order valence-electron chi connectivity index (χ4n) is 1.43. The number of rotatable bonds is 1. The maximum atomic E-state index is 10.7. The topological polar surface area (TPSA) is 57.5 Å². The summed E-state index contributed by atoms with van der Waals surface area (Å²) in [7, 11) is 0. The van der Waals surface area contributed by atoms with E-state index in [9.17, 15) is 9.90 Å². The third-order valence-electron chi connectivity index (χ3n) is 2.13. The Labute approximate surface area is 140 Å². The van der Waals surface area contributed by atoms with Crippen molar-refractivity contribution in [3.63, 3.8) is 0 Å². The van der Waals surface area contributed by atoms with Gasteiger partial charge in [0.2, 0.25) is 0 Å².